The zero-order valence-electron chi connectivity index (χ0n) is 11.9. The van der Waals surface area contributed by atoms with Crippen molar-refractivity contribution < 1.29 is 9.90 Å². The lowest BCUT2D eigenvalue weighted by Crippen LogP contribution is -2.41. The van der Waals surface area contributed by atoms with E-state index in [4.69, 9.17) is 0 Å². The molecule has 1 rings (SSSR count). The topological polar surface area (TPSA) is 79.2 Å². The largest absolute Gasteiger partial charge is 0.391 e. The zero-order valence-corrected chi connectivity index (χ0v) is 11.9. The minimum Gasteiger partial charge on any atom is -0.391 e. The molecule has 0 saturated heterocycles. The standard InChI is InChI=1S/C13H24N4O2/c1-4-10(5-2)12(18)9-15-13(19)14-8-11-6-7-16-17(11)3/h6-7,10,12,18H,4-5,8-9H2,1-3H3,(H2,14,15,19). The highest BCUT2D eigenvalue weighted by Crippen LogP contribution is 2.12. The van der Waals surface area contributed by atoms with Gasteiger partial charge in [0.15, 0.2) is 0 Å². The molecule has 0 aliphatic rings. The molecule has 108 valence electrons. The smallest absolute Gasteiger partial charge is 0.315 e. The summed E-state index contributed by atoms with van der Waals surface area (Å²) < 4.78 is 1.71. The van der Waals surface area contributed by atoms with E-state index in [1.54, 1.807) is 10.9 Å². The van der Waals surface area contributed by atoms with Gasteiger partial charge in [-0.05, 0) is 12.0 Å². The molecule has 0 radical (unpaired) electrons. The van der Waals surface area contributed by atoms with E-state index in [2.05, 4.69) is 15.7 Å². The quantitative estimate of drug-likeness (QED) is 0.690. The summed E-state index contributed by atoms with van der Waals surface area (Å²) in [7, 11) is 1.83. The van der Waals surface area contributed by atoms with Crippen molar-refractivity contribution in [2.24, 2.45) is 13.0 Å². The summed E-state index contributed by atoms with van der Waals surface area (Å²) in [5, 5.41) is 19.3. The number of nitrogens with one attached hydrogen (secondary N) is 2. The van der Waals surface area contributed by atoms with E-state index in [0.717, 1.165) is 18.5 Å². The fourth-order valence-corrected chi connectivity index (χ4v) is 2.00. The molecule has 0 fully saturated rings. The lowest BCUT2D eigenvalue weighted by molar-refractivity contribution is 0.103. The Morgan fingerprint density at radius 1 is 1.42 bits per heavy atom. The lowest BCUT2D eigenvalue weighted by Gasteiger charge is -2.20. The second-order valence-corrected chi connectivity index (χ2v) is 4.65. The Hall–Kier alpha value is -1.56. The molecular weight excluding hydrogens is 244 g/mol. The molecule has 6 nitrogen and oxygen atoms in total. The molecule has 0 saturated carbocycles. The van der Waals surface area contributed by atoms with Gasteiger partial charge in [-0.25, -0.2) is 4.79 Å². The molecule has 19 heavy (non-hydrogen) atoms. The van der Waals surface area contributed by atoms with E-state index in [9.17, 15) is 9.90 Å². The number of amides is 2. The van der Waals surface area contributed by atoms with Gasteiger partial charge < -0.3 is 15.7 Å². The van der Waals surface area contributed by atoms with E-state index < -0.39 is 6.10 Å². The van der Waals surface area contributed by atoms with Crippen molar-refractivity contribution in [3.63, 3.8) is 0 Å². The van der Waals surface area contributed by atoms with Crippen LogP contribution in [0.15, 0.2) is 12.3 Å². The van der Waals surface area contributed by atoms with E-state index >= 15 is 0 Å². The van der Waals surface area contributed by atoms with Gasteiger partial charge in [0.05, 0.1) is 18.3 Å². The second-order valence-electron chi connectivity index (χ2n) is 4.65. The Bertz CT molecular complexity index is 388. The molecule has 1 unspecified atom stereocenters. The van der Waals surface area contributed by atoms with Gasteiger partial charge in [-0.15, -0.1) is 0 Å². The molecule has 0 aromatic carbocycles. The summed E-state index contributed by atoms with van der Waals surface area (Å²) in [6.45, 7) is 4.78. The highest BCUT2D eigenvalue weighted by Gasteiger charge is 2.16. The second kappa shape index (κ2) is 7.78. The van der Waals surface area contributed by atoms with Gasteiger partial charge in [-0.2, -0.15) is 5.10 Å². The number of aliphatic hydroxyl groups excluding tert-OH is 1. The molecular formula is C13H24N4O2. The molecule has 1 atom stereocenters. The summed E-state index contributed by atoms with van der Waals surface area (Å²) in [6.07, 6.45) is 3.02. The molecule has 1 heterocycles. The van der Waals surface area contributed by atoms with Gasteiger partial charge in [-0.3, -0.25) is 4.68 Å². The predicted molar refractivity (Wildman–Crippen MR) is 73.5 cm³/mol. The van der Waals surface area contributed by atoms with Crippen molar-refractivity contribution in [1.29, 1.82) is 0 Å². The third-order valence-corrected chi connectivity index (χ3v) is 3.42. The summed E-state index contributed by atoms with van der Waals surface area (Å²) in [5.41, 5.74) is 0.927. The maximum Gasteiger partial charge on any atom is 0.315 e. The summed E-state index contributed by atoms with van der Waals surface area (Å²) in [4.78, 5) is 11.6. The minimum absolute atomic E-state index is 0.234. The first kappa shape index (κ1) is 15.5. The van der Waals surface area contributed by atoms with Crippen molar-refractivity contribution in [2.45, 2.75) is 39.3 Å². The van der Waals surface area contributed by atoms with Crippen LogP contribution in [0.2, 0.25) is 0 Å². The van der Waals surface area contributed by atoms with Crippen molar-refractivity contribution in [3.05, 3.63) is 18.0 Å². The van der Waals surface area contributed by atoms with Crippen molar-refractivity contribution in [3.8, 4) is 0 Å². The van der Waals surface area contributed by atoms with Crippen LogP contribution in [-0.4, -0.2) is 33.6 Å². The fraction of sp³-hybridized carbons (Fsp3) is 0.692. The Labute approximate surface area is 114 Å². The first-order chi connectivity index (χ1) is 9.08. The van der Waals surface area contributed by atoms with E-state index in [-0.39, 0.29) is 18.5 Å². The highest BCUT2D eigenvalue weighted by atomic mass is 16.3. The van der Waals surface area contributed by atoms with E-state index in [0.29, 0.717) is 6.54 Å². The summed E-state index contributed by atoms with van der Waals surface area (Å²) in [6, 6.07) is 1.57. The van der Waals surface area contributed by atoms with Gasteiger partial charge in [0, 0.05) is 19.8 Å². The van der Waals surface area contributed by atoms with Crippen LogP contribution in [0.5, 0.6) is 0 Å². The van der Waals surface area contributed by atoms with Crippen molar-refractivity contribution in [1.82, 2.24) is 20.4 Å². The number of aryl methyl sites for hydroxylation is 1. The number of carbonyl (C=O) groups is 1. The first-order valence-electron chi connectivity index (χ1n) is 6.75. The van der Waals surface area contributed by atoms with Crippen molar-refractivity contribution in [2.75, 3.05) is 6.54 Å². The molecule has 0 aliphatic carbocycles. The van der Waals surface area contributed by atoms with Crippen LogP contribution >= 0.6 is 0 Å². The van der Waals surface area contributed by atoms with Crippen LogP contribution in [-0.2, 0) is 13.6 Å². The number of urea groups is 1. The lowest BCUT2D eigenvalue weighted by atomic mass is 9.97. The Kier molecular flexibility index (Phi) is 6.35. The minimum atomic E-state index is -0.488. The van der Waals surface area contributed by atoms with Gasteiger partial charge >= 0.3 is 6.03 Å². The number of carbonyl (C=O) groups excluding carboxylic acids is 1. The van der Waals surface area contributed by atoms with Crippen LogP contribution in [0.3, 0.4) is 0 Å². The number of rotatable bonds is 7. The van der Waals surface area contributed by atoms with Gasteiger partial charge in [0.2, 0.25) is 0 Å². The molecule has 3 N–H and O–H groups in total. The molecule has 1 aromatic rings. The van der Waals surface area contributed by atoms with Gasteiger partial charge in [0.25, 0.3) is 0 Å². The Morgan fingerprint density at radius 3 is 2.63 bits per heavy atom. The number of nitrogens with zero attached hydrogens (tertiary/aromatic N) is 2. The number of aromatic nitrogens is 2. The summed E-state index contributed by atoms with van der Waals surface area (Å²) in [5.74, 6) is 0.234. The molecule has 2 amide bonds. The SMILES string of the molecule is CCC(CC)C(O)CNC(=O)NCc1ccnn1C. The predicted octanol–water partition coefficient (Wildman–Crippen LogP) is 1.02. The van der Waals surface area contributed by atoms with Crippen LogP contribution in [0.1, 0.15) is 32.4 Å². The molecule has 6 heteroatoms. The average molecular weight is 268 g/mol. The average Bonchev–Trinajstić information content (AvgIpc) is 2.81. The maximum absolute atomic E-state index is 11.6. The van der Waals surface area contributed by atoms with E-state index in [1.165, 1.54) is 0 Å². The van der Waals surface area contributed by atoms with Gasteiger partial charge in [0.1, 0.15) is 0 Å². The number of aliphatic hydroxyl groups is 1. The first-order valence-corrected chi connectivity index (χ1v) is 6.75. The number of hydrogen-bond acceptors (Lipinski definition) is 3. The molecule has 0 aliphatic heterocycles. The molecule has 0 spiro atoms. The number of hydrogen-bond donors (Lipinski definition) is 3. The van der Waals surface area contributed by atoms with Gasteiger partial charge in [-0.1, -0.05) is 26.7 Å². The monoisotopic (exact) mass is 268 g/mol. The Morgan fingerprint density at radius 2 is 2.11 bits per heavy atom. The van der Waals surface area contributed by atoms with Crippen molar-refractivity contribution >= 4 is 6.03 Å². The third kappa shape index (κ3) is 4.90. The normalized spacial score (nSPS) is 12.5. The third-order valence-electron chi connectivity index (χ3n) is 3.42. The highest BCUT2D eigenvalue weighted by molar-refractivity contribution is 5.73. The van der Waals surface area contributed by atoms with Crippen LogP contribution in [0, 0.1) is 5.92 Å². The maximum atomic E-state index is 11.6. The van der Waals surface area contributed by atoms with Crippen LogP contribution < -0.4 is 10.6 Å². The summed E-state index contributed by atoms with van der Waals surface area (Å²) >= 11 is 0. The Balaban J connectivity index is 2.26. The fourth-order valence-electron chi connectivity index (χ4n) is 2.00. The zero-order chi connectivity index (χ0) is 14.3. The molecule has 0 bridgehead atoms. The van der Waals surface area contributed by atoms with Crippen LogP contribution in [0.25, 0.3) is 0 Å². The van der Waals surface area contributed by atoms with E-state index in [1.807, 2.05) is 27.0 Å². The molecule has 1 aromatic heterocycles. The van der Waals surface area contributed by atoms with Crippen LogP contribution in [0.4, 0.5) is 4.79 Å².